The lowest BCUT2D eigenvalue weighted by molar-refractivity contribution is 0.487. The SMILES string of the molecule is c1cc(-n2c3ccccc3c3ccccc32)cc(-n2c3ccccc3c3c4cccc5c4n(c32)-c2cccc3c2B5c2ccccc2O3)c1. The van der Waals surface area contributed by atoms with E-state index in [1.54, 1.807) is 0 Å². The van der Waals surface area contributed by atoms with Crippen LogP contribution in [0.4, 0.5) is 0 Å². The summed E-state index contributed by atoms with van der Waals surface area (Å²) in [4.78, 5) is 0. The molecule has 226 valence electrons. The topological polar surface area (TPSA) is 24.0 Å². The Morgan fingerprint density at radius 1 is 0.429 bits per heavy atom. The molecule has 0 N–H and O–H groups in total. The van der Waals surface area contributed by atoms with Crippen LogP contribution in [0.5, 0.6) is 11.5 Å². The average molecular weight is 624 g/mol. The molecule has 0 saturated heterocycles. The number of ether oxygens (including phenoxy) is 1. The van der Waals surface area contributed by atoms with Gasteiger partial charge in [-0.05, 0) is 71.0 Å². The molecule has 3 aromatic heterocycles. The van der Waals surface area contributed by atoms with Crippen molar-refractivity contribution in [3.05, 3.63) is 158 Å². The third-order valence-electron chi connectivity index (χ3n) is 10.9. The van der Waals surface area contributed by atoms with Gasteiger partial charge in [-0.3, -0.25) is 9.13 Å². The summed E-state index contributed by atoms with van der Waals surface area (Å²) in [5.74, 6) is 1.87. The highest BCUT2D eigenvalue weighted by Gasteiger charge is 2.40. The highest BCUT2D eigenvalue weighted by atomic mass is 16.5. The van der Waals surface area contributed by atoms with Gasteiger partial charge in [0, 0.05) is 44.0 Å². The Bertz CT molecular complexity index is 3000. The molecule has 0 amide bonds. The highest BCUT2D eigenvalue weighted by molar-refractivity contribution is 6.99. The summed E-state index contributed by atoms with van der Waals surface area (Å²) in [5, 5.41) is 6.34. The van der Waals surface area contributed by atoms with Crippen molar-refractivity contribution in [3.8, 4) is 28.6 Å². The van der Waals surface area contributed by atoms with Crippen LogP contribution >= 0.6 is 0 Å². The standard InChI is InChI=1S/C44H26BN3O/c1-5-20-35-29(14-1)30-15-2-6-21-36(30)46(35)27-12-9-13-28(26-27)47-37-22-7-3-16-31(37)41-32-17-10-19-34-43(32)48(44(41)47)38-23-11-25-40-42(38)45(34)33-18-4-8-24-39(33)49-40/h1-26H. The summed E-state index contributed by atoms with van der Waals surface area (Å²) in [5.41, 5.74) is 13.3. The fraction of sp³-hybridized carbons (Fsp3) is 0. The second-order valence-corrected chi connectivity index (χ2v) is 13.3. The molecule has 0 saturated carbocycles. The number of benzene rings is 7. The van der Waals surface area contributed by atoms with Gasteiger partial charge in [0.2, 0.25) is 0 Å². The van der Waals surface area contributed by atoms with Crippen LogP contribution in [0.2, 0.25) is 0 Å². The first kappa shape index (κ1) is 25.6. The molecule has 12 rings (SSSR count). The third-order valence-corrected chi connectivity index (χ3v) is 10.9. The van der Waals surface area contributed by atoms with Crippen molar-refractivity contribution in [1.82, 2.24) is 13.7 Å². The van der Waals surface area contributed by atoms with Crippen molar-refractivity contribution >= 4 is 77.7 Å². The average Bonchev–Trinajstić information content (AvgIpc) is 3.80. The molecule has 0 bridgehead atoms. The van der Waals surface area contributed by atoms with E-state index in [2.05, 4.69) is 171 Å². The van der Waals surface area contributed by atoms with Gasteiger partial charge < -0.3 is 9.30 Å². The molecule has 0 spiro atoms. The molecule has 49 heavy (non-hydrogen) atoms. The van der Waals surface area contributed by atoms with E-state index in [1.807, 2.05) is 0 Å². The molecule has 5 heteroatoms. The number of fused-ring (bicyclic) bond motifs is 12. The monoisotopic (exact) mass is 623 g/mol. The minimum atomic E-state index is 0.102. The zero-order valence-electron chi connectivity index (χ0n) is 26.3. The van der Waals surface area contributed by atoms with E-state index in [0.29, 0.717) is 0 Å². The molecule has 0 radical (unpaired) electrons. The summed E-state index contributed by atoms with van der Waals surface area (Å²) < 4.78 is 14.0. The summed E-state index contributed by atoms with van der Waals surface area (Å²) in [6.45, 7) is 0.102. The molecule has 0 aliphatic carbocycles. The zero-order valence-corrected chi connectivity index (χ0v) is 26.3. The summed E-state index contributed by atoms with van der Waals surface area (Å²) in [6.07, 6.45) is 0. The lowest BCUT2D eigenvalue weighted by atomic mass is 9.34. The van der Waals surface area contributed by atoms with Crippen molar-refractivity contribution in [3.63, 3.8) is 0 Å². The van der Waals surface area contributed by atoms with E-state index in [-0.39, 0.29) is 6.71 Å². The van der Waals surface area contributed by atoms with Gasteiger partial charge in [0.25, 0.3) is 6.71 Å². The van der Waals surface area contributed by atoms with Crippen LogP contribution in [-0.2, 0) is 0 Å². The molecule has 10 aromatic rings. The largest absolute Gasteiger partial charge is 0.458 e. The lowest BCUT2D eigenvalue weighted by Gasteiger charge is -2.33. The van der Waals surface area contributed by atoms with Crippen LogP contribution in [-0.4, -0.2) is 20.4 Å². The minimum Gasteiger partial charge on any atom is -0.458 e. The fourth-order valence-corrected chi connectivity index (χ4v) is 9.04. The van der Waals surface area contributed by atoms with Crippen LogP contribution in [0.1, 0.15) is 0 Å². The smallest absolute Gasteiger partial charge is 0.256 e. The van der Waals surface area contributed by atoms with Gasteiger partial charge in [0.05, 0.1) is 22.1 Å². The van der Waals surface area contributed by atoms with Crippen LogP contribution in [0, 0.1) is 0 Å². The molecule has 0 atom stereocenters. The van der Waals surface area contributed by atoms with E-state index in [4.69, 9.17) is 4.74 Å². The number of aromatic nitrogens is 3. The van der Waals surface area contributed by atoms with Crippen molar-refractivity contribution < 1.29 is 4.74 Å². The van der Waals surface area contributed by atoms with E-state index in [0.717, 1.165) is 22.9 Å². The summed E-state index contributed by atoms with van der Waals surface area (Å²) >= 11 is 0. The van der Waals surface area contributed by atoms with Gasteiger partial charge in [-0.2, -0.15) is 0 Å². The molecule has 0 unspecified atom stereocenters. The van der Waals surface area contributed by atoms with Crippen molar-refractivity contribution in [2.24, 2.45) is 0 Å². The van der Waals surface area contributed by atoms with E-state index < -0.39 is 0 Å². The van der Waals surface area contributed by atoms with E-state index in [1.165, 1.54) is 76.7 Å². The van der Waals surface area contributed by atoms with Crippen LogP contribution in [0.25, 0.3) is 71.7 Å². The van der Waals surface area contributed by atoms with Crippen molar-refractivity contribution in [2.75, 3.05) is 0 Å². The van der Waals surface area contributed by atoms with E-state index >= 15 is 0 Å². The Hall–Kier alpha value is -6.46. The Balaban J connectivity index is 1.21. The molecule has 2 aliphatic rings. The van der Waals surface area contributed by atoms with Gasteiger partial charge in [0.15, 0.2) is 0 Å². The van der Waals surface area contributed by atoms with Gasteiger partial charge >= 0.3 is 0 Å². The van der Waals surface area contributed by atoms with Crippen molar-refractivity contribution in [1.29, 1.82) is 0 Å². The molecule has 7 aromatic carbocycles. The Morgan fingerprint density at radius 3 is 1.80 bits per heavy atom. The molecule has 4 nitrogen and oxygen atoms in total. The molecule has 5 heterocycles. The highest BCUT2D eigenvalue weighted by Crippen LogP contribution is 2.43. The van der Waals surface area contributed by atoms with Crippen LogP contribution < -0.4 is 21.1 Å². The molecule has 2 aliphatic heterocycles. The number of nitrogens with zero attached hydrogens (tertiary/aromatic N) is 3. The quantitative estimate of drug-likeness (QED) is 0.177. The first-order valence-corrected chi connectivity index (χ1v) is 16.9. The Morgan fingerprint density at radius 2 is 1.00 bits per heavy atom. The number of rotatable bonds is 2. The zero-order chi connectivity index (χ0) is 31.8. The first-order chi connectivity index (χ1) is 24.3. The maximum Gasteiger partial charge on any atom is 0.256 e. The minimum absolute atomic E-state index is 0.102. The van der Waals surface area contributed by atoms with Gasteiger partial charge in [-0.15, -0.1) is 0 Å². The normalized spacial score (nSPS) is 13.0. The molecular formula is C44H26BN3O. The predicted octanol–water partition coefficient (Wildman–Crippen LogP) is 8.76. The number of hydrogen-bond donors (Lipinski definition) is 0. The van der Waals surface area contributed by atoms with Crippen LogP contribution in [0.3, 0.4) is 0 Å². The number of hydrogen-bond acceptors (Lipinski definition) is 1. The Kier molecular flexibility index (Phi) is 4.77. The second-order valence-electron chi connectivity index (χ2n) is 13.3. The fourth-order valence-electron chi connectivity index (χ4n) is 9.04. The van der Waals surface area contributed by atoms with Gasteiger partial charge in [0.1, 0.15) is 17.1 Å². The third kappa shape index (κ3) is 3.15. The maximum absolute atomic E-state index is 6.60. The maximum atomic E-state index is 6.60. The molecular weight excluding hydrogens is 597 g/mol. The van der Waals surface area contributed by atoms with Gasteiger partial charge in [-0.25, -0.2) is 0 Å². The Labute approximate surface area is 281 Å². The van der Waals surface area contributed by atoms with E-state index in [9.17, 15) is 0 Å². The van der Waals surface area contributed by atoms with Crippen LogP contribution in [0.15, 0.2) is 158 Å². The lowest BCUT2D eigenvalue weighted by Crippen LogP contribution is -2.58. The predicted molar refractivity (Wildman–Crippen MR) is 203 cm³/mol. The second kappa shape index (κ2) is 9.12. The number of para-hydroxylation sites is 5. The van der Waals surface area contributed by atoms with Gasteiger partial charge in [-0.1, -0.05) is 103 Å². The summed E-state index contributed by atoms with van der Waals surface area (Å²) in [7, 11) is 0. The molecule has 0 fully saturated rings. The summed E-state index contributed by atoms with van der Waals surface area (Å²) in [6, 6.07) is 57.3. The first-order valence-electron chi connectivity index (χ1n) is 16.9. The van der Waals surface area contributed by atoms with Crippen molar-refractivity contribution in [2.45, 2.75) is 0 Å².